The van der Waals surface area contributed by atoms with Crippen LogP contribution in [0.4, 0.5) is 0 Å². The Morgan fingerprint density at radius 3 is 2.61 bits per heavy atom. The van der Waals surface area contributed by atoms with Crippen LogP contribution in [-0.2, 0) is 4.79 Å². The van der Waals surface area contributed by atoms with Crippen molar-refractivity contribution in [2.45, 2.75) is 71.5 Å². The zero-order chi connectivity index (χ0) is 13.3. The van der Waals surface area contributed by atoms with Crippen LogP contribution in [0.1, 0.15) is 53.4 Å². The predicted octanol–water partition coefficient (Wildman–Crippen LogP) is 2.41. The molecule has 4 atom stereocenters. The topological polar surface area (TPSA) is 32.3 Å². The first kappa shape index (κ1) is 13.9. The van der Waals surface area contributed by atoms with Crippen molar-refractivity contribution in [3.05, 3.63) is 0 Å². The lowest BCUT2D eigenvalue weighted by atomic mass is 9.93. The lowest BCUT2D eigenvalue weighted by molar-refractivity contribution is -0.132. The normalized spacial score (nSPS) is 36.9. The van der Waals surface area contributed by atoms with Gasteiger partial charge in [-0.15, -0.1) is 0 Å². The molecule has 1 aliphatic carbocycles. The fourth-order valence-electron chi connectivity index (χ4n) is 3.83. The molecule has 0 spiro atoms. The highest BCUT2D eigenvalue weighted by Gasteiger charge is 2.42. The monoisotopic (exact) mass is 252 g/mol. The van der Waals surface area contributed by atoms with E-state index in [1.54, 1.807) is 0 Å². The molecule has 2 rings (SSSR count). The first-order valence-electron chi connectivity index (χ1n) is 7.61. The van der Waals surface area contributed by atoms with Crippen molar-refractivity contribution in [2.24, 2.45) is 11.8 Å². The van der Waals surface area contributed by atoms with Crippen LogP contribution in [0.15, 0.2) is 0 Å². The summed E-state index contributed by atoms with van der Waals surface area (Å²) in [6.45, 7) is 9.79. The number of likely N-dealkylation sites (tertiary alicyclic amines) is 1. The van der Waals surface area contributed by atoms with Gasteiger partial charge in [0.25, 0.3) is 0 Å². The number of amides is 1. The minimum Gasteiger partial charge on any atom is -0.338 e. The van der Waals surface area contributed by atoms with Crippen LogP contribution >= 0.6 is 0 Å². The molecular weight excluding hydrogens is 224 g/mol. The molecule has 1 heterocycles. The molecule has 4 unspecified atom stereocenters. The lowest BCUT2D eigenvalue weighted by Gasteiger charge is -2.30. The van der Waals surface area contributed by atoms with Crippen molar-refractivity contribution in [2.75, 3.05) is 6.54 Å². The van der Waals surface area contributed by atoms with Gasteiger partial charge in [0.15, 0.2) is 0 Å². The summed E-state index contributed by atoms with van der Waals surface area (Å²) in [7, 11) is 0. The van der Waals surface area contributed by atoms with Gasteiger partial charge in [-0.3, -0.25) is 4.79 Å². The molecule has 0 aromatic heterocycles. The number of nitrogens with zero attached hydrogens (tertiary/aromatic N) is 1. The van der Waals surface area contributed by atoms with Gasteiger partial charge in [0.1, 0.15) is 0 Å². The fourth-order valence-corrected chi connectivity index (χ4v) is 3.83. The fraction of sp³-hybridized carbons (Fsp3) is 0.933. The van der Waals surface area contributed by atoms with Crippen molar-refractivity contribution >= 4 is 5.91 Å². The molecule has 3 nitrogen and oxygen atoms in total. The molecule has 0 bridgehead atoms. The van der Waals surface area contributed by atoms with Gasteiger partial charge in [-0.2, -0.15) is 0 Å². The minimum absolute atomic E-state index is 0.0675. The smallest absolute Gasteiger partial charge is 0.240 e. The highest BCUT2D eigenvalue weighted by Crippen LogP contribution is 2.38. The third-order valence-electron chi connectivity index (χ3n) is 4.88. The highest BCUT2D eigenvalue weighted by atomic mass is 16.2. The molecule has 3 heteroatoms. The van der Waals surface area contributed by atoms with Gasteiger partial charge in [-0.05, 0) is 31.1 Å². The van der Waals surface area contributed by atoms with Crippen LogP contribution in [0.2, 0.25) is 0 Å². The zero-order valence-electron chi connectivity index (χ0n) is 12.3. The van der Waals surface area contributed by atoms with E-state index in [1.165, 1.54) is 19.3 Å². The summed E-state index contributed by atoms with van der Waals surface area (Å²) >= 11 is 0. The van der Waals surface area contributed by atoms with Crippen molar-refractivity contribution in [3.63, 3.8) is 0 Å². The minimum atomic E-state index is 0.0675. The lowest BCUT2D eigenvalue weighted by Crippen LogP contribution is -2.45. The van der Waals surface area contributed by atoms with Crippen molar-refractivity contribution < 1.29 is 4.79 Å². The Hall–Kier alpha value is -0.570. The summed E-state index contributed by atoms with van der Waals surface area (Å²) in [6.07, 6.45) is 4.75. The third kappa shape index (κ3) is 2.56. The van der Waals surface area contributed by atoms with Crippen LogP contribution in [0.5, 0.6) is 0 Å². The molecule has 1 saturated heterocycles. The maximum absolute atomic E-state index is 12.4. The Labute approximate surface area is 111 Å². The Morgan fingerprint density at radius 2 is 2.06 bits per heavy atom. The number of carbonyl (C=O) groups excluding carboxylic acids is 1. The first-order chi connectivity index (χ1) is 8.54. The predicted molar refractivity (Wildman–Crippen MR) is 74.4 cm³/mol. The third-order valence-corrected chi connectivity index (χ3v) is 4.88. The van der Waals surface area contributed by atoms with E-state index in [2.05, 4.69) is 37.9 Å². The van der Waals surface area contributed by atoms with E-state index in [4.69, 9.17) is 0 Å². The maximum atomic E-state index is 12.4. The largest absolute Gasteiger partial charge is 0.338 e. The van der Waals surface area contributed by atoms with E-state index < -0.39 is 0 Å². The number of carbonyl (C=O) groups is 1. The number of nitrogens with one attached hydrogen (secondary N) is 1. The van der Waals surface area contributed by atoms with Gasteiger partial charge >= 0.3 is 0 Å². The quantitative estimate of drug-likeness (QED) is 0.833. The second-order valence-corrected chi connectivity index (χ2v) is 6.37. The second kappa shape index (κ2) is 5.60. The molecule has 2 fully saturated rings. The van der Waals surface area contributed by atoms with Gasteiger partial charge in [0, 0.05) is 18.6 Å². The molecule has 1 amide bonds. The van der Waals surface area contributed by atoms with Crippen LogP contribution in [-0.4, -0.2) is 35.5 Å². The van der Waals surface area contributed by atoms with Gasteiger partial charge in [-0.25, -0.2) is 0 Å². The molecule has 2 aliphatic rings. The molecule has 0 aromatic carbocycles. The Kier molecular flexibility index (Phi) is 4.31. The summed E-state index contributed by atoms with van der Waals surface area (Å²) in [4.78, 5) is 14.6. The molecule has 0 aromatic rings. The number of hydrogen-bond acceptors (Lipinski definition) is 2. The van der Waals surface area contributed by atoms with E-state index in [-0.39, 0.29) is 6.04 Å². The van der Waals surface area contributed by atoms with Crippen molar-refractivity contribution in [1.29, 1.82) is 0 Å². The SMILES string of the molecule is CCC1CCC(N2CCC(NC(C)C)C2=O)C1C. The van der Waals surface area contributed by atoms with Crippen LogP contribution in [0, 0.1) is 11.8 Å². The van der Waals surface area contributed by atoms with Crippen LogP contribution in [0.25, 0.3) is 0 Å². The Balaban J connectivity index is 1.97. The van der Waals surface area contributed by atoms with Crippen molar-refractivity contribution in [3.8, 4) is 0 Å². The summed E-state index contributed by atoms with van der Waals surface area (Å²) in [5.74, 6) is 1.84. The number of rotatable bonds is 4. The van der Waals surface area contributed by atoms with Gasteiger partial charge in [0.2, 0.25) is 5.91 Å². The first-order valence-corrected chi connectivity index (χ1v) is 7.61. The Morgan fingerprint density at radius 1 is 1.33 bits per heavy atom. The average molecular weight is 252 g/mol. The standard InChI is InChI=1S/C15H28N2O/c1-5-12-6-7-14(11(12)4)17-9-8-13(15(17)18)16-10(2)3/h10-14,16H,5-9H2,1-4H3. The molecule has 18 heavy (non-hydrogen) atoms. The van der Waals surface area contributed by atoms with E-state index in [1.807, 2.05) is 0 Å². The molecule has 1 N–H and O–H groups in total. The van der Waals surface area contributed by atoms with E-state index in [0.717, 1.165) is 18.9 Å². The summed E-state index contributed by atoms with van der Waals surface area (Å²) in [5, 5.41) is 3.39. The average Bonchev–Trinajstić information content (AvgIpc) is 2.83. The van der Waals surface area contributed by atoms with E-state index in [0.29, 0.717) is 23.9 Å². The van der Waals surface area contributed by atoms with Gasteiger partial charge in [-0.1, -0.05) is 34.1 Å². The Bertz CT molecular complexity index is 303. The molecule has 104 valence electrons. The molecule has 1 saturated carbocycles. The summed E-state index contributed by atoms with van der Waals surface area (Å²) in [6, 6.07) is 0.961. The highest BCUT2D eigenvalue weighted by molar-refractivity contribution is 5.84. The maximum Gasteiger partial charge on any atom is 0.240 e. The zero-order valence-corrected chi connectivity index (χ0v) is 12.3. The molecular formula is C15H28N2O. The summed E-state index contributed by atoms with van der Waals surface area (Å²) < 4.78 is 0. The molecule has 1 aliphatic heterocycles. The van der Waals surface area contributed by atoms with Crippen LogP contribution < -0.4 is 5.32 Å². The summed E-state index contributed by atoms with van der Waals surface area (Å²) in [5.41, 5.74) is 0. The molecule has 0 radical (unpaired) electrons. The van der Waals surface area contributed by atoms with E-state index >= 15 is 0 Å². The van der Waals surface area contributed by atoms with E-state index in [9.17, 15) is 4.79 Å². The van der Waals surface area contributed by atoms with Gasteiger partial charge in [0.05, 0.1) is 6.04 Å². The van der Waals surface area contributed by atoms with Crippen LogP contribution in [0.3, 0.4) is 0 Å². The van der Waals surface area contributed by atoms with Crippen molar-refractivity contribution in [1.82, 2.24) is 10.2 Å². The number of hydrogen-bond donors (Lipinski definition) is 1. The second-order valence-electron chi connectivity index (χ2n) is 6.37. The van der Waals surface area contributed by atoms with Gasteiger partial charge < -0.3 is 10.2 Å².